The van der Waals surface area contributed by atoms with Gasteiger partial charge in [0.25, 0.3) is 0 Å². The van der Waals surface area contributed by atoms with E-state index in [1.165, 1.54) is 23.7 Å². The molecule has 7 heteroatoms. The highest BCUT2D eigenvalue weighted by Gasteiger charge is 2.08. The lowest BCUT2D eigenvalue weighted by atomic mass is 10.2. The molecule has 0 bridgehead atoms. The molecule has 3 aromatic heterocycles. The molecule has 3 aromatic rings. The molecule has 0 aliphatic carbocycles. The van der Waals surface area contributed by atoms with Crippen molar-refractivity contribution in [3.05, 3.63) is 36.5 Å². The number of rotatable bonds is 5. The molecule has 0 atom stereocenters. The molecule has 0 fully saturated rings. The van der Waals surface area contributed by atoms with Crippen LogP contribution in [0.5, 0.6) is 0 Å². The van der Waals surface area contributed by atoms with E-state index in [4.69, 9.17) is 0 Å². The number of hydrogen-bond donors (Lipinski definition) is 2. The van der Waals surface area contributed by atoms with E-state index in [0.29, 0.717) is 11.7 Å². The molecule has 2 N–H and O–H groups in total. The molecule has 0 spiro atoms. The second-order valence-electron chi connectivity index (χ2n) is 4.92. The SMILES string of the molecule is CC(C)NCc1ccc(Sc2ncnc3nc[nH]c23)nc1. The predicted octanol–water partition coefficient (Wildman–Crippen LogP) is 2.40. The lowest BCUT2D eigenvalue weighted by molar-refractivity contribution is 0.587. The maximum atomic E-state index is 4.47. The standard InChI is InChI=1S/C14H16N6S/c1-9(2)15-5-10-3-4-11(16-6-10)21-14-12-13(18-7-17-12)19-8-20-14/h3-4,6-9,15H,5H2,1-2H3,(H,17,18,19,20). The van der Waals surface area contributed by atoms with Crippen molar-refractivity contribution in [2.45, 2.75) is 36.5 Å². The van der Waals surface area contributed by atoms with E-state index in [2.05, 4.69) is 50.2 Å². The zero-order chi connectivity index (χ0) is 14.7. The first kappa shape index (κ1) is 14.0. The van der Waals surface area contributed by atoms with Crippen LogP contribution in [-0.4, -0.2) is 31.0 Å². The van der Waals surface area contributed by atoms with Crippen LogP contribution in [0.3, 0.4) is 0 Å². The Balaban J connectivity index is 1.74. The Morgan fingerprint density at radius 1 is 1.19 bits per heavy atom. The summed E-state index contributed by atoms with van der Waals surface area (Å²) in [6.45, 7) is 5.08. The molecule has 0 aromatic carbocycles. The number of pyridine rings is 1. The summed E-state index contributed by atoms with van der Waals surface area (Å²) in [4.78, 5) is 20.0. The Morgan fingerprint density at radius 3 is 2.86 bits per heavy atom. The first-order valence-electron chi connectivity index (χ1n) is 6.72. The summed E-state index contributed by atoms with van der Waals surface area (Å²) in [5, 5.41) is 5.10. The Kier molecular flexibility index (Phi) is 4.12. The Bertz CT molecular complexity index is 722. The van der Waals surface area contributed by atoms with E-state index in [1.54, 1.807) is 6.33 Å². The van der Waals surface area contributed by atoms with Gasteiger partial charge < -0.3 is 10.3 Å². The van der Waals surface area contributed by atoms with Crippen molar-refractivity contribution in [1.29, 1.82) is 0 Å². The zero-order valence-corrected chi connectivity index (χ0v) is 12.7. The minimum atomic E-state index is 0.466. The minimum Gasteiger partial charge on any atom is -0.341 e. The van der Waals surface area contributed by atoms with Gasteiger partial charge >= 0.3 is 0 Å². The molecule has 0 unspecified atom stereocenters. The number of aromatic amines is 1. The highest BCUT2D eigenvalue weighted by molar-refractivity contribution is 7.99. The molecule has 21 heavy (non-hydrogen) atoms. The highest BCUT2D eigenvalue weighted by Crippen LogP contribution is 2.28. The van der Waals surface area contributed by atoms with Crippen LogP contribution in [0.1, 0.15) is 19.4 Å². The smallest absolute Gasteiger partial charge is 0.181 e. The van der Waals surface area contributed by atoms with Crippen LogP contribution < -0.4 is 5.32 Å². The molecular weight excluding hydrogens is 284 g/mol. The fourth-order valence-electron chi connectivity index (χ4n) is 1.82. The maximum Gasteiger partial charge on any atom is 0.181 e. The largest absolute Gasteiger partial charge is 0.341 e. The Hall–Kier alpha value is -1.99. The van der Waals surface area contributed by atoms with Crippen molar-refractivity contribution in [1.82, 2.24) is 30.2 Å². The lowest BCUT2D eigenvalue weighted by Gasteiger charge is -2.08. The number of imidazole rings is 1. The van der Waals surface area contributed by atoms with Crippen LogP contribution in [0.25, 0.3) is 11.2 Å². The zero-order valence-electron chi connectivity index (χ0n) is 11.9. The van der Waals surface area contributed by atoms with Crippen molar-refractivity contribution in [2.75, 3.05) is 0 Å². The number of nitrogens with one attached hydrogen (secondary N) is 2. The Labute approximate surface area is 126 Å². The highest BCUT2D eigenvalue weighted by atomic mass is 32.2. The first-order chi connectivity index (χ1) is 10.2. The third-order valence-electron chi connectivity index (χ3n) is 2.90. The maximum absolute atomic E-state index is 4.47. The van der Waals surface area contributed by atoms with Crippen LogP contribution >= 0.6 is 11.8 Å². The van der Waals surface area contributed by atoms with E-state index in [-0.39, 0.29) is 0 Å². The fraction of sp³-hybridized carbons (Fsp3) is 0.286. The number of H-pyrrole nitrogens is 1. The summed E-state index contributed by atoms with van der Waals surface area (Å²) >= 11 is 1.50. The average Bonchev–Trinajstić information content (AvgIpc) is 2.96. The van der Waals surface area contributed by atoms with Gasteiger partial charge in [-0.3, -0.25) is 0 Å². The molecular formula is C14H16N6S. The summed E-state index contributed by atoms with van der Waals surface area (Å²) in [6.07, 6.45) is 5.03. The molecule has 108 valence electrons. The van der Waals surface area contributed by atoms with Gasteiger partial charge in [0, 0.05) is 18.8 Å². The third kappa shape index (κ3) is 3.37. The molecule has 0 saturated carbocycles. The van der Waals surface area contributed by atoms with Crippen molar-refractivity contribution in [3.8, 4) is 0 Å². The average molecular weight is 300 g/mol. The monoisotopic (exact) mass is 300 g/mol. The number of aromatic nitrogens is 5. The number of hydrogen-bond acceptors (Lipinski definition) is 6. The van der Waals surface area contributed by atoms with Crippen molar-refractivity contribution in [3.63, 3.8) is 0 Å². The lowest BCUT2D eigenvalue weighted by Crippen LogP contribution is -2.21. The molecule has 3 rings (SSSR count). The summed E-state index contributed by atoms with van der Waals surface area (Å²) in [5.74, 6) is 0. The van der Waals surface area contributed by atoms with E-state index < -0.39 is 0 Å². The van der Waals surface area contributed by atoms with Gasteiger partial charge in [0.2, 0.25) is 0 Å². The van der Waals surface area contributed by atoms with Crippen LogP contribution in [0.2, 0.25) is 0 Å². The summed E-state index contributed by atoms with van der Waals surface area (Å²) in [5.41, 5.74) is 2.68. The summed E-state index contributed by atoms with van der Waals surface area (Å²) in [6, 6.07) is 4.55. The summed E-state index contributed by atoms with van der Waals surface area (Å²) < 4.78 is 0. The normalized spacial score (nSPS) is 11.4. The number of nitrogens with zero attached hydrogens (tertiary/aromatic N) is 4. The predicted molar refractivity (Wildman–Crippen MR) is 82.0 cm³/mol. The topological polar surface area (TPSA) is 79.4 Å². The third-order valence-corrected chi connectivity index (χ3v) is 3.85. The van der Waals surface area contributed by atoms with Crippen molar-refractivity contribution in [2.24, 2.45) is 0 Å². The second kappa shape index (κ2) is 6.19. The van der Waals surface area contributed by atoms with Gasteiger partial charge in [-0.05, 0) is 23.4 Å². The van der Waals surface area contributed by atoms with E-state index in [0.717, 1.165) is 22.1 Å². The van der Waals surface area contributed by atoms with Gasteiger partial charge in [0.1, 0.15) is 21.9 Å². The van der Waals surface area contributed by atoms with Gasteiger partial charge in [0.05, 0.1) is 6.33 Å². The minimum absolute atomic E-state index is 0.466. The van der Waals surface area contributed by atoms with Gasteiger partial charge in [-0.2, -0.15) is 0 Å². The van der Waals surface area contributed by atoms with Crippen LogP contribution in [0, 0.1) is 0 Å². The van der Waals surface area contributed by atoms with Crippen LogP contribution in [0.15, 0.2) is 41.0 Å². The summed E-state index contributed by atoms with van der Waals surface area (Å²) in [7, 11) is 0. The van der Waals surface area contributed by atoms with Gasteiger partial charge in [-0.15, -0.1) is 0 Å². The molecule has 0 saturated heterocycles. The van der Waals surface area contributed by atoms with Crippen molar-refractivity contribution < 1.29 is 0 Å². The quantitative estimate of drug-likeness (QED) is 0.704. The van der Waals surface area contributed by atoms with Crippen molar-refractivity contribution >= 4 is 22.9 Å². The van der Waals surface area contributed by atoms with Crippen LogP contribution in [-0.2, 0) is 6.54 Å². The molecule has 3 heterocycles. The molecule has 0 radical (unpaired) electrons. The van der Waals surface area contributed by atoms with Gasteiger partial charge in [-0.25, -0.2) is 19.9 Å². The fourth-order valence-corrected chi connectivity index (χ4v) is 2.61. The van der Waals surface area contributed by atoms with Gasteiger partial charge in [0.15, 0.2) is 5.65 Å². The second-order valence-corrected chi connectivity index (χ2v) is 5.93. The Morgan fingerprint density at radius 2 is 2.10 bits per heavy atom. The van der Waals surface area contributed by atoms with Gasteiger partial charge in [-0.1, -0.05) is 19.9 Å². The molecule has 0 aliphatic heterocycles. The van der Waals surface area contributed by atoms with E-state index >= 15 is 0 Å². The molecule has 0 aliphatic rings. The van der Waals surface area contributed by atoms with E-state index in [9.17, 15) is 0 Å². The molecule has 6 nitrogen and oxygen atoms in total. The number of fused-ring (bicyclic) bond motifs is 1. The van der Waals surface area contributed by atoms with Crippen LogP contribution in [0.4, 0.5) is 0 Å². The first-order valence-corrected chi connectivity index (χ1v) is 7.54. The van der Waals surface area contributed by atoms with E-state index in [1.807, 2.05) is 12.3 Å². The molecule has 0 amide bonds.